The Bertz CT molecular complexity index is 420. The number of aliphatic imine (C=N–C) groups is 1. The van der Waals surface area contributed by atoms with E-state index in [1.165, 1.54) is 11.9 Å². The van der Waals surface area contributed by atoms with Crippen LogP contribution >= 0.6 is 0 Å². The molecule has 1 fully saturated rings. The molecule has 0 atom stereocenters. The van der Waals surface area contributed by atoms with E-state index in [2.05, 4.69) is 20.5 Å². The van der Waals surface area contributed by atoms with Gasteiger partial charge in [0.15, 0.2) is 5.96 Å². The number of carbonyl (C=O) groups is 1. The molecule has 6 nitrogen and oxygen atoms in total. The van der Waals surface area contributed by atoms with Crippen LogP contribution in [-0.2, 0) is 4.79 Å². The van der Waals surface area contributed by atoms with Gasteiger partial charge in [-0.2, -0.15) is 13.2 Å². The molecule has 0 aromatic carbocycles. The Balaban J connectivity index is 2.32. The first-order chi connectivity index (χ1) is 11.2. The van der Waals surface area contributed by atoms with Crippen molar-refractivity contribution < 1.29 is 18.0 Å². The van der Waals surface area contributed by atoms with Gasteiger partial charge in [0.2, 0.25) is 5.91 Å². The maximum atomic E-state index is 12.3. The first kappa shape index (κ1) is 20.5. The second kappa shape index (κ2) is 9.71. The summed E-state index contributed by atoms with van der Waals surface area (Å²) < 4.78 is 36.8. The van der Waals surface area contributed by atoms with Gasteiger partial charge in [0, 0.05) is 46.7 Å². The number of alkyl halides is 3. The molecule has 0 aliphatic carbocycles. The molecule has 2 N–H and O–H groups in total. The van der Waals surface area contributed by atoms with E-state index in [1.54, 1.807) is 14.1 Å². The van der Waals surface area contributed by atoms with Crippen LogP contribution in [0.2, 0.25) is 0 Å². The fourth-order valence-electron chi connectivity index (χ4n) is 2.79. The monoisotopic (exact) mass is 351 g/mol. The fourth-order valence-corrected chi connectivity index (χ4v) is 2.79. The molecule has 140 valence electrons. The number of nitrogens with zero attached hydrogens (tertiary/aromatic N) is 3. The van der Waals surface area contributed by atoms with Crippen LogP contribution in [0.5, 0.6) is 0 Å². The van der Waals surface area contributed by atoms with Crippen molar-refractivity contribution in [1.82, 2.24) is 20.4 Å². The average molecular weight is 351 g/mol. The summed E-state index contributed by atoms with van der Waals surface area (Å²) >= 11 is 0. The van der Waals surface area contributed by atoms with Gasteiger partial charge >= 0.3 is 6.18 Å². The fraction of sp³-hybridized carbons (Fsp3) is 0.867. The van der Waals surface area contributed by atoms with Gasteiger partial charge < -0.3 is 15.5 Å². The predicted molar refractivity (Wildman–Crippen MR) is 87.9 cm³/mol. The molecule has 9 heteroatoms. The number of halogens is 3. The largest absolute Gasteiger partial charge is 0.401 e. The van der Waals surface area contributed by atoms with Gasteiger partial charge in [0.25, 0.3) is 0 Å². The third-order valence-electron chi connectivity index (χ3n) is 4.10. The molecule has 1 aliphatic heterocycles. The topological polar surface area (TPSA) is 60.0 Å². The van der Waals surface area contributed by atoms with Crippen molar-refractivity contribution in [2.24, 2.45) is 10.9 Å². The quantitative estimate of drug-likeness (QED) is 0.552. The van der Waals surface area contributed by atoms with Crippen molar-refractivity contribution in [3.8, 4) is 0 Å². The lowest BCUT2D eigenvalue weighted by molar-refractivity contribution is -0.142. The van der Waals surface area contributed by atoms with Gasteiger partial charge in [-0.05, 0) is 25.8 Å². The Kier molecular flexibility index (Phi) is 8.30. The first-order valence-electron chi connectivity index (χ1n) is 8.16. The molecule has 0 aromatic heterocycles. The Morgan fingerprint density at radius 1 is 1.33 bits per heavy atom. The summed E-state index contributed by atoms with van der Waals surface area (Å²) in [4.78, 5) is 18.9. The molecule has 0 unspecified atom stereocenters. The zero-order chi connectivity index (χ0) is 18.2. The van der Waals surface area contributed by atoms with Crippen molar-refractivity contribution in [1.29, 1.82) is 0 Å². The smallest absolute Gasteiger partial charge is 0.359 e. The lowest BCUT2D eigenvalue weighted by atomic mass is 9.93. The van der Waals surface area contributed by atoms with Gasteiger partial charge in [-0.3, -0.25) is 14.7 Å². The highest BCUT2D eigenvalue weighted by molar-refractivity contribution is 5.80. The number of nitrogens with one attached hydrogen (secondary N) is 2. The molecular weight excluding hydrogens is 323 g/mol. The molecule has 1 heterocycles. The summed E-state index contributed by atoms with van der Waals surface area (Å²) in [6.45, 7) is 1.35. The van der Waals surface area contributed by atoms with Crippen molar-refractivity contribution >= 4 is 11.9 Å². The Morgan fingerprint density at radius 2 is 1.96 bits per heavy atom. The van der Waals surface area contributed by atoms with Crippen molar-refractivity contribution in [2.75, 3.05) is 53.9 Å². The van der Waals surface area contributed by atoms with Crippen LogP contribution in [0.4, 0.5) is 13.2 Å². The molecule has 0 saturated carbocycles. The van der Waals surface area contributed by atoms with Crippen LogP contribution in [-0.4, -0.2) is 81.7 Å². The number of hydrogen-bond acceptors (Lipinski definition) is 3. The molecule has 24 heavy (non-hydrogen) atoms. The van der Waals surface area contributed by atoms with Gasteiger partial charge in [-0.25, -0.2) is 0 Å². The Hall–Kier alpha value is -1.51. The minimum atomic E-state index is -4.18. The van der Waals surface area contributed by atoms with Crippen LogP contribution in [0.15, 0.2) is 4.99 Å². The molecule has 1 aliphatic rings. The summed E-state index contributed by atoms with van der Waals surface area (Å²) in [6, 6.07) is 0. The molecule has 1 rings (SSSR count). The summed E-state index contributed by atoms with van der Waals surface area (Å²) in [5.74, 6) is 1.13. The van der Waals surface area contributed by atoms with Crippen LogP contribution in [0.3, 0.4) is 0 Å². The second-order valence-corrected chi connectivity index (χ2v) is 6.13. The standard InChI is InChI=1S/C15H28F3N5O/c1-19-13(24)10-12-4-7-23(8-5-12)14(20-2)21-6-9-22(3)11-15(16,17)18/h12H,4-11H2,1-3H3,(H,19,24)(H,20,21). The molecule has 1 amide bonds. The number of rotatable bonds is 6. The van der Waals surface area contributed by atoms with E-state index in [1.807, 2.05) is 0 Å². The van der Waals surface area contributed by atoms with Crippen LogP contribution < -0.4 is 10.6 Å². The normalized spacial score (nSPS) is 17.3. The van der Waals surface area contributed by atoms with Crippen LogP contribution in [0.1, 0.15) is 19.3 Å². The number of likely N-dealkylation sites (N-methyl/N-ethyl adjacent to an activating group) is 1. The Morgan fingerprint density at radius 3 is 2.46 bits per heavy atom. The first-order valence-corrected chi connectivity index (χ1v) is 8.16. The SMILES string of the molecule is CN=C(NCCN(C)CC(F)(F)F)N1CCC(CC(=O)NC)CC1. The van der Waals surface area contributed by atoms with E-state index in [0.717, 1.165) is 25.9 Å². The third-order valence-corrected chi connectivity index (χ3v) is 4.10. The Labute approximate surface area is 141 Å². The van der Waals surface area contributed by atoms with Gasteiger partial charge in [-0.1, -0.05) is 0 Å². The van der Waals surface area contributed by atoms with Crippen molar-refractivity contribution in [2.45, 2.75) is 25.4 Å². The number of hydrogen-bond donors (Lipinski definition) is 2. The molecule has 0 bridgehead atoms. The zero-order valence-corrected chi connectivity index (χ0v) is 14.6. The highest BCUT2D eigenvalue weighted by atomic mass is 19.4. The molecule has 0 radical (unpaired) electrons. The molecular formula is C15H28F3N5O. The molecule has 1 saturated heterocycles. The summed E-state index contributed by atoms with van der Waals surface area (Å²) in [7, 11) is 4.75. The summed E-state index contributed by atoms with van der Waals surface area (Å²) in [5, 5.41) is 5.75. The third kappa shape index (κ3) is 7.85. The van der Waals surface area contributed by atoms with E-state index >= 15 is 0 Å². The molecule has 0 spiro atoms. The van der Waals surface area contributed by atoms with E-state index in [9.17, 15) is 18.0 Å². The highest BCUT2D eigenvalue weighted by Crippen LogP contribution is 2.20. The van der Waals surface area contributed by atoms with Crippen molar-refractivity contribution in [3.63, 3.8) is 0 Å². The highest BCUT2D eigenvalue weighted by Gasteiger charge is 2.29. The summed E-state index contributed by atoms with van der Waals surface area (Å²) in [6.07, 6.45) is -1.83. The summed E-state index contributed by atoms with van der Waals surface area (Å²) in [5.41, 5.74) is 0. The van der Waals surface area contributed by atoms with E-state index in [0.29, 0.717) is 24.8 Å². The number of piperidine rings is 1. The van der Waals surface area contributed by atoms with E-state index in [4.69, 9.17) is 0 Å². The predicted octanol–water partition coefficient (Wildman–Crippen LogP) is 0.904. The number of guanidine groups is 1. The van der Waals surface area contributed by atoms with Gasteiger partial charge in [0.05, 0.1) is 6.54 Å². The molecule has 0 aromatic rings. The second-order valence-electron chi connectivity index (χ2n) is 6.13. The minimum absolute atomic E-state index is 0.0589. The average Bonchev–Trinajstić information content (AvgIpc) is 2.50. The lowest BCUT2D eigenvalue weighted by Gasteiger charge is -2.34. The van der Waals surface area contributed by atoms with Crippen LogP contribution in [0.25, 0.3) is 0 Å². The van der Waals surface area contributed by atoms with Crippen LogP contribution in [0, 0.1) is 5.92 Å². The van der Waals surface area contributed by atoms with Gasteiger partial charge in [0.1, 0.15) is 0 Å². The number of carbonyl (C=O) groups excluding carboxylic acids is 1. The maximum absolute atomic E-state index is 12.3. The van der Waals surface area contributed by atoms with Crippen molar-refractivity contribution in [3.05, 3.63) is 0 Å². The van der Waals surface area contributed by atoms with Gasteiger partial charge in [-0.15, -0.1) is 0 Å². The minimum Gasteiger partial charge on any atom is -0.359 e. The number of likely N-dealkylation sites (tertiary alicyclic amines) is 1. The number of amides is 1. The van der Waals surface area contributed by atoms with E-state index in [-0.39, 0.29) is 12.5 Å². The maximum Gasteiger partial charge on any atom is 0.401 e. The lowest BCUT2D eigenvalue weighted by Crippen LogP contribution is -2.47. The zero-order valence-electron chi connectivity index (χ0n) is 14.6. The van der Waals surface area contributed by atoms with E-state index < -0.39 is 12.7 Å².